The van der Waals surface area contributed by atoms with Crippen LogP contribution in [0.3, 0.4) is 0 Å². The van der Waals surface area contributed by atoms with E-state index < -0.39 is 6.29 Å². The van der Waals surface area contributed by atoms with Crippen LogP contribution in [0.4, 0.5) is 0 Å². The lowest BCUT2D eigenvalue weighted by molar-refractivity contribution is -0.0579. The van der Waals surface area contributed by atoms with Crippen molar-refractivity contribution < 1.29 is 14.6 Å². The predicted octanol–water partition coefficient (Wildman–Crippen LogP) is 2.04. The molecule has 2 atom stereocenters. The van der Waals surface area contributed by atoms with Crippen molar-refractivity contribution in [2.75, 3.05) is 12.5 Å². The Morgan fingerprint density at radius 1 is 1.43 bits per heavy atom. The quantitative estimate of drug-likeness (QED) is 0.766. The minimum atomic E-state index is -0.486. The van der Waals surface area contributed by atoms with Crippen molar-refractivity contribution in [1.82, 2.24) is 0 Å². The molecule has 0 aromatic heterocycles. The molecule has 0 saturated carbocycles. The van der Waals surface area contributed by atoms with E-state index >= 15 is 0 Å². The molecular formula is C10H11ClO3. The van der Waals surface area contributed by atoms with Gasteiger partial charge < -0.3 is 14.6 Å². The number of alkyl halides is 1. The number of para-hydroxylation sites is 1. The molecule has 0 bridgehead atoms. The molecule has 1 aromatic rings. The van der Waals surface area contributed by atoms with Gasteiger partial charge in [-0.1, -0.05) is 18.2 Å². The zero-order valence-electron chi connectivity index (χ0n) is 7.52. The molecule has 1 saturated heterocycles. The number of benzene rings is 1. The summed E-state index contributed by atoms with van der Waals surface area (Å²) in [5.74, 6) is 0.595. The Kier molecular flexibility index (Phi) is 2.91. The normalized spacial score (nSPS) is 26.6. The van der Waals surface area contributed by atoms with Gasteiger partial charge in [0.2, 0.25) is 0 Å². The first-order valence-corrected chi connectivity index (χ1v) is 4.95. The third-order valence-electron chi connectivity index (χ3n) is 2.11. The highest BCUT2D eigenvalue weighted by Gasteiger charge is 2.28. The number of rotatable bonds is 2. The highest BCUT2D eigenvalue weighted by Crippen LogP contribution is 2.32. The number of phenolic OH excluding ortho intramolecular Hbond substituents is 1. The van der Waals surface area contributed by atoms with Crippen LogP contribution in [0.15, 0.2) is 24.3 Å². The van der Waals surface area contributed by atoms with Gasteiger partial charge in [0.25, 0.3) is 0 Å². The molecule has 1 N–H and O–H groups in total. The molecule has 1 heterocycles. The summed E-state index contributed by atoms with van der Waals surface area (Å²) in [7, 11) is 0. The second-order valence-corrected chi connectivity index (χ2v) is 3.45. The Labute approximate surface area is 87.2 Å². The van der Waals surface area contributed by atoms with E-state index in [4.69, 9.17) is 21.1 Å². The fourth-order valence-electron chi connectivity index (χ4n) is 1.38. The average Bonchev–Trinajstić information content (AvgIpc) is 2.67. The largest absolute Gasteiger partial charge is 0.507 e. The van der Waals surface area contributed by atoms with E-state index in [0.29, 0.717) is 18.1 Å². The van der Waals surface area contributed by atoms with Crippen molar-refractivity contribution in [1.29, 1.82) is 0 Å². The summed E-state index contributed by atoms with van der Waals surface area (Å²) >= 11 is 5.63. The first kappa shape index (κ1) is 9.77. The average molecular weight is 215 g/mol. The van der Waals surface area contributed by atoms with Gasteiger partial charge in [-0.15, -0.1) is 11.6 Å². The van der Waals surface area contributed by atoms with Crippen LogP contribution >= 0.6 is 11.6 Å². The van der Waals surface area contributed by atoms with Crippen LogP contribution in [0.25, 0.3) is 0 Å². The molecule has 2 unspecified atom stereocenters. The number of phenols is 1. The van der Waals surface area contributed by atoms with E-state index in [1.165, 1.54) is 0 Å². The summed E-state index contributed by atoms with van der Waals surface area (Å²) in [6.45, 7) is 0.475. The van der Waals surface area contributed by atoms with Gasteiger partial charge in [-0.2, -0.15) is 0 Å². The SMILES string of the molecule is Oc1ccccc1C1OCC(CCl)O1. The van der Waals surface area contributed by atoms with E-state index in [2.05, 4.69) is 0 Å². The van der Waals surface area contributed by atoms with Crippen molar-refractivity contribution in [2.24, 2.45) is 0 Å². The highest BCUT2D eigenvalue weighted by molar-refractivity contribution is 6.18. The van der Waals surface area contributed by atoms with Gasteiger partial charge in [0, 0.05) is 5.56 Å². The lowest BCUT2D eigenvalue weighted by Crippen LogP contribution is -2.10. The first-order chi connectivity index (χ1) is 6.81. The molecule has 14 heavy (non-hydrogen) atoms. The molecule has 4 heteroatoms. The van der Waals surface area contributed by atoms with E-state index in [1.54, 1.807) is 18.2 Å². The summed E-state index contributed by atoms with van der Waals surface area (Å²) in [6.07, 6.45) is -0.568. The summed E-state index contributed by atoms with van der Waals surface area (Å²) in [6, 6.07) is 6.97. The fourth-order valence-corrected chi connectivity index (χ4v) is 1.54. The van der Waals surface area contributed by atoms with E-state index in [0.717, 1.165) is 0 Å². The number of hydrogen-bond donors (Lipinski definition) is 1. The Morgan fingerprint density at radius 2 is 2.21 bits per heavy atom. The van der Waals surface area contributed by atoms with Gasteiger partial charge in [-0.25, -0.2) is 0 Å². The van der Waals surface area contributed by atoms with Gasteiger partial charge in [-0.3, -0.25) is 0 Å². The van der Waals surface area contributed by atoms with Crippen molar-refractivity contribution >= 4 is 11.6 Å². The van der Waals surface area contributed by atoms with E-state index in [1.807, 2.05) is 6.07 Å². The highest BCUT2D eigenvalue weighted by atomic mass is 35.5. The number of hydrogen-bond acceptors (Lipinski definition) is 3. The van der Waals surface area contributed by atoms with Crippen molar-refractivity contribution in [3.05, 3.63) is 29.8 Å². The van der Waals surface area contributed by atoms with Crippen molar-refractivity contribution in [3.63, 3.8) is 0 Å². The molecule has 1 aromatic carbocycles. The standard InChI is InChI=1S/C10H11ClO3/c11-5-7-6-13-10(14-7)8-3-1-2-4-9(8)12/h1-4,7,10,12H,5-6H2. The predicted molar refractivity (Wildman–Crippen MR) is 52.4 cm³/mol. The minimum absolute atomic E-state index is 0.0822. The second kappa shape index (κ2) is 4.17. The third-order valence-corrected chi connectivity index (χ3v) is 2.46. The van der Waals surface area contributed by atoms with Gasteiger partial charge >= 0.3 is 0 Å². The lowest BCUT2D eigenvalue weighted by Gasteiger charge is -2.11. The van der Waals surface area contributed by atoms with Gasteiger partial charge in [0.15, 0.2) is 6.29 Å². The van der Waals surface area contributed by atoms with E-state index in [9.17, 15) is 5.11 Å². The van der Waals surface area contributed by atoms with Crippen LogP contribution in [0.1, 0.15) is 11.9 Å². The van der Waals surface area contributed by atoms with Crippen LogP contribution in [-0.2, 0) is 9.47 Å². The van der Waals surface area contributed by atoms with Crippen LogP contribution in [0.2, 0.25) is 0 Å². The molecule has 0 aliphatic carbocycles. The van der Waals surface area contributed by atoms with Crippen LogP contribution in [-0.4, -0.2) is 23.7 Å². The molecule has 1 aliphatic heterocycles. The molecule has 76 valence electrons. The number of halogens is 1. The number of aromatic hydroxyl groups is 1. The maximum absolute atomic E-state index is 9.54. The summed E-state index contributed by atoms with van der Waals surface area (Å²) < 4.78 is 10.8. The maximum atomic E-state index is 9.54. The summed E-state index contributed by atoms with van der Waals surface area (Å²) in [5.41, 5.74) is 0.653. The Hall–Kier alpha value is -0.770. The summed E-state index contributed by atoms with van der Waals surface area (Å²) in [4.78, 5) is 0. The van der Waals surface area contributed by atoms with Crippen LogP contribution < -0.4 is 0 Å². The molecular weight excluding hydrogens is 204 g/mol. The van der Waals surface area contributed by atoms with Crippen LogP contribution in [0, 0.1) is 0 Å². The zero-order valence-corrected chi connectivity index (χ0v) is 8.28. The molecule has 3 nitrogen and oxygen atoms in total. The fraction of sp³-hybridized carbons (Fsp3) is 0.400. The van der Waals surface area contributed by atoms with Crippen LogP contribution in [0.5, 0.6) is 5.75 Å². The molecule has 0 radical (unpaired) electrons. The first-order valence-electron chi connectivity index (χ1n) is 4.42. The Bertz CT molecular complexity index is 316. The molecule has 1 aliphatic rings. The number of ether oxygens (including phenoxy) is 2. The second-order valence-electron chi connectivity index (χ2n) is 3.14. The molecule has 0 amide bonds. The molecule has 0 spiro atoms. The van der Waals surface area contributed by atoms with Crippen molar-refractivity contribution in [3.8, 4) is 5.75 Å². The summed E-state index contributed by atoms with van der Waals surface area (Å²) in [5, 5.41) is 9.54. The Morgan fingerprint density at radius 3 is 2.86 bits per heavy atom. The monoisotopic (exact) mass is 214 g/mol. The van der Waals surface area contributed by atoms with Crippen molar-refractivity contribution in [2.45, 2.75) is 12.4 Å². The lowest BCUT2D eigenvalue weighted by atomic mass is 10.2. The minimum Gasteiger partial charge on any atom is -0.507 e. The maximum Gasteiger partial charge on any atom is 0.187 e. The van der Waals surface area contributed by atoms with Gasteiger partial charge in [-0.05, 0) is 6.07 Å². The molecule has 1 fully saturated rings. The van der Waals surface area contributed by atoms with E-state index in [-0.39, 0.29) is 11.9 Å². The Balaban J connectivity index is 2.13. The van der Waals surface area contributed by atoms with Gasteiger partial charge in [0.1, 0.15) is 5.75 Å². The van der Waals surface area contributed by atoms with Gasteiger partial charge in [0.05, 0.1) is 18.6 Å². The zero-order chi connectivity index (χ0) is 9.97. The molecule has 2 rings (SSSR count). The smallest absolute Gasteiger partial charge is 0.187 e. The third kappa shape index (κ3) is 1.85. The topological polar surface area (TPSA) is 38.7 Å².